The predicted molar refractivity (Wildman–Crippen MR) is 117 cm³/mol. The Morgan fingerprint density at radius 1 is 1.24 bits per heavy atom. The van der Waals surface area contributed by atoms with Crippen LogP contribution in [0.3, 0.4) is 0 Å². The molecule has 1 fully saturated rings. The second kappa shape index (κ2) is 9.61. The van der Waals surface area contributed by atoms with Crippen molar-refractivity contribution in [3.63, 3.8) is 0 Å². The number of carbonyl (C=O) groups excluding carboxylic acids is 1. The summed E-state index contributed by atoms with van der Waals surface area (Å²) in [5.74, 6) is 0.979. The van der Waals surface area contributed by atoms with E-state index < -0.39 is 0 Å². The van der Waals surface area contributed by atoms with E-state index in [1.54, 1.807) is 14.2 Å². The van der Waals surface area contributed by atoms with Crippen LogP contribution in [0.5, 0.6) is 5.75 Å². The van der Waals surface area contributed by atoms with Crippen LogP contribution in [0, 0.1) is 13.8 Å². The van der Waals surface area contributed by atoms with Crippen molar-refractivity contribution in [2.24, 2.45) is 0 Å². The van der Waals surface area contributed by atoms with E-state index in [2.05, 4.69) is 41.5 Å². The van der Waals surface area contributed by atoms with Gasteiger partial charge < -0.3 is 15.4 Å². The summed E-state index contributed by atoms with van der Waals surface area (Å²) in [6.45, 7) is 6.51. The molecule has 6 heteroatoms. The Labute approximate surface area is 178 Å². The van der Waals surface area contributed by atoms with Crippen LogP contribution in [-0.2, 0) is 17.9 Å². The van der Waals surface area contributed by atoms with Gasteiger partial charge in [-0.2, -0.15) is 0 Å². The molecule has 0 aromatic heterocycles. The molecule has 2 N–H and O–H groups in total. The lowest BCUT2D eigenvalue weighted by Crippen LogP contribution is -2.41. The van der Waals surface area contributed by atoms with Gasteiger partial charge in [0.1, 0.15) is 5.75 Å². The number of benzene rings is 2. The summed E-state index contributed by atoms with van der Waals surface area (Å²) in [5, 5.41) is 7.18. The lowest BCUT2D eigenvalue weighted by atomic mass is 10.0. The number of hydrogen-bond acceptors (Lipinski definition) is 4. The standard InChI is InChI=1S/C23H30ClN3O2/c1-15-16(2)22(29-4)9-8-18(15)12-26-20-11-21(23(28)25-3)27(14-20)13-17-6-5-7-19(24)10-17/h5-10,20-21,26H,11-14H2,1-4H3,(H,25,28)/t20-,21-/m0/s1. The van der Waals surface area contributed by atoms with Gasteiger partial charge in [0.2, 0.25) is 5.91 Å². The minimum Gasteiger partial charge on any atom is -0.496 e. The second-order valence-electron chi connectivity index (χ2n) is 7.68. The van der Waals surface area contributed by atoms with Gasteiger partial charge in [0, 0.05) is 37.7 Å². The van der Waals surface area contributed by atoms with Crippen molar-refractivity contribution < 1.29 is 9.53 Å². The second-order valence-corrected chi connectivity index (χ2v) is 8.12. The Bertz CT molecular complexity index is 871. The maximum atomic E-state index is 12.5. The molecule has 0 bridgehead atoms. The van der Waals surface area contributed by atoms with Crippen molar-refractivity contribution in [2.45, 2.75) is 45.4 Å². The Morgan fingerprint density at radius 2 is 2.03 bits per heavy atom. The first-order valence-corrected chi connectivity index (χ1v) is 10.4. The summed E-state index contributed by atoms with van der Waals surface area (Å²) >= 11 is 6.13. The van der Waals surface area contributed by atoms with E-state index in [0.717, 1.165) is 35.8 Å². The Balaban J connectivity index is 1.68. The van der Waals surface area contributed by atoms with Gasteiger partial charge >= 0.3 is 0 Å². The van der Waals surface area contributed by atoms with Crippen LogP contribution in [0.4, 0.5) is 0 Å². The van der Waals surface area contributed by atoms with Gasteiger partial charge in [-0.25, -0.2) is 0 Å². The van der Waals surface area contributed by atoms with E-state index in [1.165, 1.54) is 16.7 Å². The van der Waals surface area contributed by atoms with Gasteiger partial charge in [0.25, 0.3) is 0 Å². The van der Waals surface area contributed by atoms with Crippen molar-refractivity contribution in [1.29, 1.82) is 0 Å². The smallest absolute Gasteiger partial charge is 0.237 e. The molecule has 3 rings (SSSR count). The van der Waals surface area contributed by atoms with E-state index in [1.807, 2.05) is 24.3 Å². The minimum absolute atomic E-state index is 0.0628. The number of hydrogen-bond donors (Lipinski definition) is 2. The summed E-state index contributed by atoms with van der Waals surface area (Å²) in [6.07, 6.45) is 0.786. The number of nitrogens with zero attached hydrogens (tertiary/aromatic N) is 1. The maximum Gasteiger partial charge on any atom is 0.237 e. The normalized spacial score (nSPS) is 19.3. The molecule has 29 heavy (non-hydrogen) atoms. The fraction of sp³-hybridized carbons (Fsp3) is 0.435. The Hall–Kier alpha value is -2.08. The Kier molecular flexibility index (Phi) is 7.17. The first-order valence-electron chi connectivity index (χ1n) is 9.99. The molecule has 5 nitrogen and oxygen atoms in total. The number of rotatable bonds is 7. The van der Waals surface area contributed by atoms with Crippen LogP contribution in [-0.4, -0.2) is 43.6 Å². The zero-order valence-electron chi connectivity index (χ0n) is 17.6. The van der Waals surface area contributed by atoms with Crippen LogP contribution in [0.25, 0.3) is 0 Å². The highest BCUT2D eigenvalue weighted by atomic mass is 35.5. The lowest BCUT2D eigenvalue weighted by molar-refractivity contribution is -0.125. The van der Waals surface area contributed by atoms with Crippen molar-refractivity contribution in [3.05, 3.63) is 63.7 Å². The molecule has 0 aliphatic carbocycles. The van der Waals surface area contributed by atoms with Crippen molar-refractivity contribution >= 4 is 17.5 Å². The molecule has 0 saturated carbocycles. The highest BCUT2D eigenvalue weighted by Gasteiger charge is 2.36. The van der Waals surface area contributed by atoms with E-state index in [-0.39, 0.29) is 18.0 Å². The summed E-state index contributed by atoms with van der Waals surface area (Å²) < 4.78 is 5.41. The SMILES string of the molecule is CNC(=O)[C@@H]1C[C@H](NCc2ccc(OC)c(C)c2C)CN1Cc1cccc(Cl)c1. The molecule has 1 saturated heterocycles. The molecule has 1 heterocycles. The van der Waals surface area contributed by atoms with Crippen LogP contribution in [0.15, 0.2) is 36.4 Å². The van der Waals surface area contributed by atoms with Gasteiger partial charge in [0.05, 0.1) is 13.2 Å². The third-order valence-electron chi connectivity index (χ3n) is 5.88. The van der Waals surface area contributed by atoms with E-state index >= 15 is 0 Å². The number of ether oxygens (including phenoxy) is 1. The first kappa shape index (κ1) is 21.6. The fourth-order valence-corrected chi connectivity index (χ4v) is 4.27. The fourth-order valence-electron chi connectivity index (χ4n) is 4.05. The third-order valence-corrected chi connectivity index (χ3v) is 6.11. The van der Waals surface area contributed by atoms with E-state index in [4.69, 9.17) is 16.3 Å². The summed E-state index contributed by atoms with van der Waals surface area (Å²) in [6, 6.07) is 12.1. The van der Waals surface area contributed by atoms with Gasteiger partial charge in [-0.05, 0) is 60.7 Å². The monoisotopic (exact) mass is 415 g/mol. The first-order chi connectivity index (χ1) is 13.9. The molecular weight excluding hydrogens is 386 g/mol. The third kappa shape index (κ3) is 5.10. The quantitative estimate of drug-likeness (QED) is 0.727. The van der Waals surface area contributed by atoms with Gasteiger partial charge in [0.15, 0.2) is 0 Å². The summed E-state index contributed by atoms with van der Waals surface area (Å²) in [7, 11) is 3.40. The number of amides is 1. The molecule has 2 aromatic carbocycles. The number of methoxy groups -OCH3 is 1. The van der Waals surface area contributed by atoms with Gasteiger partial charge in [-0.3, -0.25) is 9.69 Å². The van der Waals surface area contributed by atoms with Crippen molar-refractivity contribution in [1.82, 2.24) is 15.5 Å². The van der Waals surface area contributed by atoms with E-state index in [0.29, 0.717) is 6.54 Å². The van der Waals surface area contributed by atoms with Crippen LogP contribution in [0.1, 0.15) is 28.7 Å². The summed E-state index contributed by atoms with van der Waals surface area (Å²) in [5.41, 5.74) is 4.79. The zero-order valence-corrected chi connectivity index (χ0v) is 18.3. The van der Waals surface area contributed by atoms with E-state index in [9.17, 15) is 4.79 Å². The predicted octanol–water partition coefficient (Wildman–Crippen LogP) is 3.44. The molecule has 1 aliphatic heterocycles. The topological polar surface area (TPSA) is 53.6 Å². The number of nitrogens with one attached hydrogen (secondary N) is 2. The molecule has 0 unspecified atom stereocenters. The number of likely N-dealkylation sites (tertiary alicyclic amines) is 1. The maximum absolute atomic E-state index is 12.5. The zero-order chi connectivity index (χ0) is 21.0. The highest BCUT2D eigenvalue weighted by Crippen LogP contribution is 2.25. The average molecular weight is 416 g/mol. The number of halogens is 1. The molecule has 0 spiro atoms. The Morgan fingerprint density at radius 3 is 2.72 bits per heavy atom. The molecule has 1 aliphatic rings. The van der Waals surface area contributed by atoms with Crippen LogP contribution in [0.2, 0.25) is 5.02 Å². The minimum atomic E-state index is -0.143. The molecule has 1 amide bonds. The molecule has 156 valence electrons. The molecular formula is C23H30ClN3O2. The van der Waals surface area contributed by atoms with Gasteiger partial charge in [-0.15, -0.1) is 0 Å². The van der Waals surface area contributed by atoms with Crippen molar-refractivity contribution in [2.75, 3.05) is 20.7 Å². The molecule has 2 aromatic rings. The van der Waals surface area contributed by atoms with Crippen LogP contribution < -0.4 is 15.4 Å². The summed E-state index contributed by atoms with van der Waals surface area (Å²) in [4.78, 5) is 14.7. The van der Waals surface area contributed by atoms with Gasteiger partial charge in [-0.1, -0.05) is 29.8 Å². The number of carbonyl (C=O) groups is 1. The average Bonchev–Trinajstić information content (AvgIpc) is 3.11. The lowest BCUT2D eigenvalue weighted by Gasteiger charge is -2.23. The van der Waals surface area contributed by atoms with Crippen LogP contribution >= 0.6 is 11.6 Å². The largest absolute Gasteiger partial charge is 0.496 e. The molecule has 2 atom stereocenters. The van der Waals surface area contributed by atoms with Crippen molar-refractivity contribution in [3.8, 4) is 5.75 Å². The highest BCUT2D eigenvalue weighted by molar-refractivity contribution is 6.30. The number of likely N-dealkylation sites (N-methyl/N-ethyl adjacent to an activating group) is 1. The molecule has 0 radical (unpaired) electrons.